The minimum Gasteiger partial charge on any atom is -0.375 e. The molecule has 2 bridgehead atoms. The highest BCUT2D eigenvalue weighted by Gasteiger charge is 2.64. The molecule has 3 aliphatic rings. The molecular weight excluding hydrogens is 486 g/mol. The molecule has 2 aliphatic carbocycles. The second-order valence-corrected chi connectivity index (χ2v) is 10.2. The minimum atomic E-state index is -1.60. The topological polar surface area (TPSA) is 92.2 Å². The summed E-state index contributed by atoms with van der Waals surface area (Å²) in [6.45, 7) is 0. The summed E-state index contributed by atoms with van der Waals surface area (Å²) in [6, 6.07) is 30.6. The number of amides is 2. The SMILES string of the molecule is O=C1NC(=O)C2C1[C@@H]1C(C(O)(c3ccccc3)c3ccccn3)=C[C@H]2/C1=C(\c1ccccc1)c1ccccn1. The number of rotatable bonds is 5. The van der Waals surface area contributed by atoms with Gasteiger partial charge in [-0.2, -0.15) is 0 Å². The maximum Gasteiger partial charge on any atom is 0.231 e. The minimum absolute atomic E-state index is 0.264. The molecule has 0 radical (unpaired) electrons. The lowest BCUT2D eigenvalue weighted by Gasteiger charge is -2.36. The maximum absolute atomic E-state index is 13.3. The second kappa shape index (κ2) is 8.96. The Morgan fingerprint density at radius 3 is 2.05 bits per heavy atom. The van der Waals surface area contributed by atoms with E-state index in [1.165, 1.54) is 0 Å². The first kappa shape index (κ1) is 23.4. The normalized spacial score (nSPS) is 26.0. The zero-order valence-corrected chi connectivity index (χ0v) is 20.9. The number of allylic oxidation sites excluding steroid dienone is 2. The molecule has 39 heavy (non-hydrogen) atoms. The van der Waals surface area contributed by atoms with Crippen LogP contribution in [-0.4, -0.2) is 26.9 Å². The molecule has 1 saturated heterocycles. The lowest BCUT2D eigenvalue weighted by Crippen LogP contribution is -2.38. The van der Waals surface area contributed by atoms with Crippen molar-refractivity contribution in [3.63, 3.8) is 0 Å². The van der Waals surface area contributed by atoms with Crippen molar-refractivity contribution in [2.75, 3.05) is 0 Å². The second-order valence-electron chi connectivity index (χ2n) is 10.2. The number of nitrogens with one attached hydrogen (secondary N) is 1. The van der Waals surface area contributed by atoms with Crippen molar-refractivity contribution in [3.8, 4) is 0 Å². The van der Waals surface area contributed by atoms with E-state index >= 15 is 0 Å². The van der Waals surface area contributed by atoms with Crippen molar-refractivity contribution in [2.24, 2.45) is 23.7 Å². The van der Waals surface area contributed by atoms with E-state index in [0.29, 0.717) is 16.8 Å². The van der Waals surface area contributed by atoms with Gasteiger partial charge in [0.1, 0.15) is 0 Å². The van der Waals surface area contributed by atoms with Gasteiger partial charge in [-0.25, -0.2) is 0 Å². The molecule has 2 N–H and O–H groups in total. The molecule has 190 valence electrons. The summed E-state index contributed by atoms with van der Waals surface area (Å²) >= 11 is 0. The number of imide groups is 1. The highest BCUT2D eigenvalue weighted by molar-refractivity contribution is 6.08. The summed E-state index contributed by atoms with van der Waals surface area (Å²) in [6.07, 6.45) is 5.41. The van der Waals surface area contributed by atoms with E-state index in [-0.39, 0.29) is 17.7 Å². The van der Waals surface area contributed by atoms with Crippen molar-refractivity contribution in [1.82, 2.24) is 15.3 Å². The Bertz CT molecular complexity index is 1550. The number of fused-ring (bicyclic) bond motifs is 5. The molecule has 1 saturated carbocycles. The Labute approximate surface area is 225 Å². The fourth-order valence-corrected chi connectivity index (χ4v) is 6.77. The highest BCUT2D eigenvalue weighted by Crippen LogP contribution is 2.63. The monoisotopic (exact) mass is 511 g/mol. The van der Waals surface area contributed by atoms with Gasteiger partial charge in [0, 0.05) is 29.8 Å². The van der Waals surface area contributed by atoms with Crippen LogP contribution in [0.2, 0.25) is 0 Å². The van der Waals surface area contributed by atoms with Gasteiger partial charge in [-0.05, 0) is 46.5 Å². The zero-order valence-electron chi connectivity index (χ0n) is 20.9. The molecule has 3 unspecified atom stereocenters. The van der Waals surface area contributed by atoms with Crippen LogP contribution in [0.4, 0.5) is 0 Å². The van der Waals surface area contributed by atoms with E-state index < -0.39 is 23.4 Å². The number of aromatic nitrogens is 2. The van der Waals surface area contributed by atoms with Gasteiger partial charge >= 0.3 is 0 Å². The fourth-order valence-electron chi connectivity index (χ4n) is 6.77. The lowest BCUT2D eigenvalue weighted by atomic mass is 9.71. The van der Waals surface area contributed by atoms with E-state index in [1.54, 1.807) is 18.5 Å². The largest absolute Gasteiger partial charge is 0.375 e. The molecule has 1 aliphatic heterocycles. The van der Waals surface area contributed by atoms with Gasteiger partial charge in [0.2, 0.25) is 11.8 Å². The van der Waals surface area contributed by atoms with Gasteiger partial charge in [0.25, 0.3) is 0 Å². The number of carbonyl (C=O) groups is 2. The Morgan fingerprint density at radius 1 is 0.744 bits per heavy atom. The first-order chi connectivity index (χ1) is 19.1. The summed E-state index contributed by atoms with van der Waals surface area (Å²) in [4.78, 5) is 35.7. The summed E-state index contributed by atoms with van der Waals surface area (Å²) in [7, 11) is 0. The highest BCUT2D eigenvalue weighted by atomic mass is 16.3. The summed E-state index contributed by atoms with van der Waals surface area (Å²) in [5, 5.41) is 15.3. The molecule has 2 aromatic heterocycles. The lowest BCUT2D eigenvalue weighted by molar-refractivity contribution is -0.126. The van der Waals surface area contributed by atoms with E-state index in [0.717, 1.165) is 22.4 Å². The van der Waals surface area contributed by atoms with E-state index in [2.05, 4.69) is 10.3 Å². The van der Waals surface area contributed by atoms with Crippen LogP contribution in [0, 0.1) is 23.7 Å². The third-order valence-electron chi connectivity index (χ3n) is 8.29. The Kier molecular flexibility index (Phi) is 5.39. The predicted octanol–water partition coefficient (Wildman–Crippen LogP) is 4.29. The fraction of sp³-hybridized carbons (Fsp3) is 0.152. The van der Waals surface area contributed by atoms with Crippen LogP contribution >= 0.6 is 0 Å². The number of aliphatic hydroxyl groups is 1. The van der Waals surface area contributed by atoms with E-state index in [1.807, 2.05) is 97.1 Å². The van der Waals surface area contributed by atoms with Gasteiger partial charge in [-0.3, -0.25) is 24.9 Å². The number of pyridine rings is 2. The summed E-state index contributed by atoms with van der Waals surface area (Å²) in [5.41, 5.74) is 3.74. The molecule has 6 heteroatoms. The van der Waals surface area contributed by atoms with Crippen LogP contribution in [0.15, 0.2) is 127 Å². The van der Waals surface area contributed by atoms with E-state index in [9.17, 15) is 14.7 Å². The molecule has 2 amide bonds. The van der Waals surface area contributed by atoms with Crippen molar-refractivity contribution in [2.45, 2.75) is 5.60 Å². The molecule has 3 heterocycles. The smallest absolute Gasteiger partial charge is 0.231 e. The molecule has 2 fully saturated rings. The van der Waals surface area contributed by atoms with Crippen molar-refractivity contribution in [3.05, 3.63) is 149 Å². The number of hydrogen-bond donors (Lipinski definition) is 2. The van der Waals surface area contributed by atoms with Crippen molar-refractivity contribution >= 4 is 17.4 Å². The molecule has 7 rings (SSSR count). The zero-order chi connectivity index (χ0) is 26.6. The molecule has 4 aromatic rings. The third kappa shape index (κ3) is 3.45. The van der Waals surface area contributed by atoms with Crippen LogP contribution < -0.4 is 5.32 Å². The van der Waals surface area contributed by atoms with Crippen LogP contribution in [0.1, 0.15) is 22.5 Å². The van der Waals surface area contributed by atoms with Gasteiger partial charge in [-0.1, -0.05) is 78.9 Å². The first-order valence-corrected chi connectivity index (χ1v) is 13.1. The molecular formula is C33H25N3O3. The number of nitrogens with zero attached hydrogens (tertiary/aromatic N) is 2. The molecule has 2 aromatic carbocycles. The average molecular weight is 512 g/mol. The average Bonchev–Trinajstić information content (AvgIpc) is 3.63. The van der Waals surface area contributed by atoms with Crippen LogP contribution in [-0.2, 0) is 15.2 Å². The quantitative estimate of drug-likeness (QED) is 0.308. The number of carbonyl (C=O) groups excluding carboxylic acids is 2. The Hall–Kier alpha value is -4.68. The van der Waals surface area contributed by atoms with Crippen LogP contribution in [0.25, 0.3) is 5.57 Å². The Balaban J connectivity index is 1.53. The Morgan fingerprint density at radius 2 is 1.38 bits per heavy atom. The predicted molar refractivity (Wildman–Crippen MR) is 146 cm³/mol. The van der Waals surface area contributed by atoms with Gasteiger partial charge in [0.05, 0.1) is 23.2 Å². The van der Waals surface area contributed by atoms with Crippen LogP contribution in [0.5, 0.6) is 0 Å². The van der Waals surface area contributed by atoms with E-state index in [4.69, 9.17) is 4.98 Å². The van der Waals surface area contributed by atoms with Crippen molar-refractivity contribution < 1.29 is 14.7 Å². The third-order valence-corrected chi connectivity index (χ3v) is 8.29. The number of benzene rings is 2. The molecule has 5 atom stereocenters. The van der Waals surface area contributed by atoms with Crippen molar-refractivity contribution in [1.29, 1.82) is 0 Å². The number of hydrogen-bond acceptors (Lipinski definition) is 5. The first-order valence-electron chi connectivity index (χ1n) is 13.1. The standard InChI is InChI=1S/C33H25N3O3/c37-31-28-22-19-23(33(39,21-13-5-2-6-14-21)25-16-8-10-18-35-25)29(30(28)32(38)36-31)27(22)26(20-11-3-1-4-12-20)24-15-7-9-17-34-24/h1-19,22,28-30,39H,(H,36,37,38)/b27-26-/t22-,28?,29+,30?,33?/m0/s1. The molecule has 0 spiro atoms. The maximum atomic E-state index is 13.3. The molecule has 6 nitrogen and oxygen atoms in total. The summed E-state index contributed by atoms with van der Waals surface area (Å²) in [5.74, 6) is -2.62. The van der Waals surface area contributed by atoms with Gasteiger partial charge in [0.15, 0.2) is 5.60 Å². The summed E-state index contributed by atoms with van der Waals surface area (Å²) < 4.78 is 0. The van der Waals surface area contributed by atoms with Gasteiger partial charge in [-0.15, -0.1) is 0 Å². The van der Waals surface area contributed by atoms with Gasteiger partial charge < -0.3 is 5.11 Å². The van der Waals surface area contributed by atoms with Crippen LogP contribution in [0.3, 0.4) is 0 Å².